The summed E-state index contributed by atoms with van der Waals surface area (Å²) in [7, 11) is 0. The molecular weight excluding hydrogens is 168 g/mol. The summed E-state index contributed by atoms with van der Waals surface area (Å²) in [6.07, 6.45) is 9.89. The Morgan fingerprint density at radius 3 is 2.57 bits per heavy atom. The number of hydrogen-bond donors (Lipinski definition) is 0. The molecule has 0 saturated heterocycles. The molecule has 0 spiro atoms. The Hall–Kier alpha value is -0.260. The number of rotatable bonds is 0. The minimum Gasteiger partial charge on any atom is -0.0996 e. The van der Waals surface area contributed by atoms with Gasteiger partial charge in [0.05, 0.1) is 0 Å². The smallest absolute Gasteiger partial charge is 0.0167 e. The Morgan fingerprint density at radius 1 is 1.14 bits per heavy atom. The van der Waals surface area contributed by atoms with Gasteiger partial charge in [-0.25, -0.2) is 0 Å². The molecule has 0 radical (unpaired) electrons. The highest BCUT2D eigenvalue weighted by Gasteiger charge is 2.47. The fourth-order valence-corrected chi connectivity index (χ4v) is 3.52. The summed E-state index contributed by atoms with van der Waals surface area (Å²) in [6, 6.07) is 0. The molecule has 14 heavy (non-hydrogen) atoms. The van der Waals surface area contributed by atoms with Crippen molar-refractivity contribution in [1.29, 1.82) is 0 Å². The van der Waals surface area contributed by atoms with E-state index in [0.717, 1.165) is 11.8 Å². The third kappa shape index (κ3) is 1.76. The summed E-state index contributed by atoms with van der Waals surface area (Å²) in [4.78, 5) is 0. The van der Waals surface area contributed by atoms with Gasteiger partial charge in [-0.2, -0.15) is 0 Å². The van der Waals surface area contributed by atoms with Gasteiger partial charge in [-0.15, -0.1) is 0 Å². The molecule has 0 aromatic rings. The first-order chi connectivity index (χ1) is 6.61. The molecule has 0 aromatic heterocycles. The van der Waals surface area contributed by atoms with Gasteiger partial charge in [-0.1, -0.05) is 45.3 Å². The number of allylic oxidation sites excluding steroid dienone is 1. The maximum Gasteiger partial charge on any atom is -0.0167 e. The van der Waals surface area contributed by atoms with Gasteiger partial charge in [0.1, 0.15) is 0 Å². The van der Waals surface area contributed by atoms with Gasteiger partial charge in [0, 0.05) is 0 Å². The normalized spacial score (nSPS) is 37.4. The summed E-state index contributed by atoms with van der Waals surface area (Å²) < 4.78 is 0. The molecule has 2 unspecified atom stereocenters. The van der Waals surface area contributed by atoms with Crippen molar-refractivity contribution in [2.45, 2.75) is 58.8 Å². The van der Waals surface area contributed by atoms with E-state index in [1.807, 2.05) is 0 Å². The zero-order valence-electron chi connectivity index (χ0n) is 9.81. The minimum absolute atomic E-state index is 0.609. The Bertz CT molecular complexity index is 224. The molecule has 0 heterocycles. The second-order valence-corrected chi connectivity index (χ2v) is 6.02. The van der Waals surface area contributed by atoms with Crippen LogP contribution in [0, 0.1) is 17.3 Å². The predicted octanol–water partition coefficient (Wildman–Crippen LogP) is 4.56. The molecule has 2 atom stereocenters. The molecule has 0 N–H and O–H groups in total. The number of hydrogen-bond acceptors (Lipinski definition) is 0. The van der Waals surface area contributed by atoms with Crippen molar-refractivity contribution >= 4 is 0 Å². The fraction of sp³-hybridized carbons (Fsp3) is 0.857. The van der Waals surface area contributed by atoms with E-state index >= 15 is 0 Å². The predicted molar refractivity (Wildman–Crippen MR) is 62.2 cm³/mol. The van der Waals surface area contributed by atoms with Crippen molar-refractivity contribution in [2.75, 3.05) is 0 Å². The SMILES string of the molecule is C=C1CCCCCCC2C1CC2(C)C. The highest BCUT2D eigenvalue weighted by atomic mass is 14.5. The third-order valence-corrected chi connectivity index (χ3v) is 4.52. The van der Waals surface area contributed by atoms with E-state index in [0.29, 0.717) is 5.41 Å². The number of fused-ring (bicyclic) bond motifs is 1. The van der Waals surface area contributed by atoms with Gasteiger partial charge < -0.3 is 0 Å². The van der Waals surface area contributed by atoms with Crippen molar-refractivity contribution in [1.82, 2.24) is 0 Å². The Labute approximate surface area is 88.8 Å². The molecule has 2 fully saturated rings. The van der Waals surface area contributed by atoms with E-state index in [9.17, 15) is 0 Å². The van der Waals surface area contributed by atoms with Crippen LogP contribution in [0.15, 0.2) is 12.2 Å². The zero-order chi connectivity index (χ0) is 10.2. The molecule has 2 aliphatic rings. The van der Waals surface area contributed by atoms with E-state index in [-0.39, 0.29) is 0 Å². The Kier molecular flexibility index (Phi) is 2.72. The standard InChI is InChI=1S/C14H24/c1-11-8-6-4-5-7-9-13-12(11)10-14(13,2)3/h12-13H,1,4-10H2,2-3H3. The van der Waals surface area contributed by atoms with E-state index < -0.39 is 0 Å². The lowest BCUT2D eigenvalue weighted by Gasteiger charge is -2.53. The average Bonchev–Trinajstić information content (AvgIpc) is 2.18. The van der Waals surface area contributed by atoms with Crippen LogP contribution in [-0.4, -0.2) is 0 Å². The van der Waals surface area contributed by atoms with Crippen LogP contribution in [0.1, 0.15) is 58.8 Å². The molecule has 0 aromatic carbocycles. The van der Waals surface area contributed by atoms with E-state index in [1.54, 1.807) is 5.57 Å². The van der Waals surface area contributed by atoms with Crippen molar-refractivity contribution in [3.8, 4) is 0 Å². The van der Waals surface area contributed by atoms with E-state index in [2.05, 4.69) is 20.4 Å². The van der Waals surface area contributed by atoms with Crippen molar-refractivity contribution in [3.05, 3.63) is 12.2 Å². The Morgan fingerprint density at radius 2 is 1.86 bits per heavy atom. The molecule has 0 heteroatoms. The molecule has 0 aliphatic heterocycles. The maximum atomic E-state index is 4.31. The van der Waals surface area contributed by atoms with Crippen molar-refractivity contribution in [3.63, 3.8) is 0 Å². The Balaban J connectivity index is 2.05. The van der Waals surface area contributed by atoms with Crippen LogP contribution in [0.2, 0.25) is 0 Å². The lowest BCUT2D eigenvalue weighted by molar-refractivity contribution is 0.00265. The highest BCUT2D eigenvalue weighted by molar-refractivity contribution is 5.13. The van der Waals surface area contributed by atoms with Crippen molar-refractivity contribution < 1.29 is 0 Å². The van der Waals surface area contributed by atoms with Gasteiger partial charge in [0.2, 0.25) is 0 Å². The van der Waals surface area contributed by atoms with Gasteiger partial charge >= 0.3 is 0 Å². The molecule has 0 bridgehead atoms. The van der Waals surface area contributed by atoms with Crippen molar-refractivity contribution in [2.24, 2.45) is 17.3 Å². The van der Waals surface area contributed by atoms with E-state index in [1.165, 1.54) is 44.9 Å². The molecule has 2 saturated carbocycles. The first-order valence-electron chi connectivity index (χ1n) is 6.29. The summed E-state index contributed by atoms with van der Waals surface area (Å²) in [5.74, 6) is 1.83. The first kappa shape index (κ1) is 10.3. The minimum atomic E-state index is 0.609. The summed E-state index contributed by atoms with van der Waals surface area (Å²) in [6.45, 7) is 9.19. The fourth-order valence-electron chi connectivity index (χ4n) is 3.52. The quantitative estimate of drug-likeness (QED) is 0.494. The van der Waals surface area contributed by atoms with Gasteiger partial charge in [-0.05, 0) is 42.9 Å². The first-order valence-corrected chi connectivity index (χ1v) is 6.29. The lowest BCUT2D eigenvalue weighted by atomic mass is 9.52. The second-order valence-electron chi connectivity index (χ2n) is 6.02. The lowest BCUT2D eigenvalue weighted by Crippen LogP contribution is -2.44. The molecule has 0 amide bonds. The monoisotopic (exact) mass is 192 g/mol. The third-order valence-electron chi connectivity index (χ3n) is 4.52. The van der Waals surface area contributed by atoms with Crippen LogP contribution in [0.3, 0.4) is 0 Å². The zero-order valence-corrected chi connectivity index (χ0v) is 9.81. The van der Waals surface area contributed by atoms with E-state index in [4.69, 9.17) is 0 Å². The van der Waals surface area contributed by atoms with Crippen LogP contribution in [0.25, 0.3) is 0 Å². The molecule has 80 valence electrons. The second kappa shape index (κ2) is 3.72. The summed E-state index contributed by atoms with van der Waals surface area (Å²) >= 11 is 0. The molecular formula is C14H24. The summed E-state index contributed by atoms with van der Waals surface area (Å²) in [5, 5.41) is 0. The molecule has 2 rings (SSSR count). The van der Waals surface area contributed by atoms with Gasteiger partial charge in [0.25, 0.3) is 0 Å². The van der Waals surface area contributed by atoms with Crippen LogP contribution in [0.5, 0.6) is 0 Å². The van der Waals surface area contributed by atoms with Crippen LogP contribution < -0.4 is 0 Å². The highest BCUT2D eigenvalue weighted by Crippen LogP contribution is 2.56. The van der Waals surface area contributed by atoms with Crippen LogP contribution >= 0.6 is 0 Å². The molecule has 0 nitrogen and oxygen atoms in total. The van der Waals surface area contributed by atoms with Gasteiger partial charge in [-0.3, -0.25) is 0 Å². The summed E-state index contributed by atoms with van der Waals surface area (Å²) in [5.41, 5.74) is 2.18. The average molecular weight is 192 g/mol. The topological polar surface area (TPSA) is 0 Å². The van der Waals surface area contributed by atoms with Gasteiger partial charge in [0.15, 0.2) is 0 Å². The maximum absolute atomic E-state index is 4.31. The largest absolute Gasteiger partial charge is 0.0996 e. The van der Waals surface area contributed by atoms with Crippen LogP contribution in [-0.2, 0) is 0 Å². The van der Waals surface area contributed by atoms with Crippen LogP contribution in [0.4, 0.5) is 0 Å². The molecule has 2 aliphatic carbocycles.